The van der Waals surface area contributed by atoms with Gasteiger partial charge in [0.2, 0.25) is 11.6 Å². The highest BCUT2D eigenvalue weighted by Crippen LogP contribution is 2.26. The van der Waals surface area contributed by atoms with E-state index in [2.05, 4.69) is 24.9 Å². The van der Waals surface area contributed by atoms with Crippen LogP contribution in [0.2, 0.25) is 0 Å². The highest BCUT2D eigenvalue weighted by Gasteiger charge is 2.28. The molecule has 0 aliphatic heterocycles. The van der Waals surface area contributed by atoms with Crippen LogP contribution in [-0.4, -0.2) is 35.6 Å². The van der Waals surface area contributed by atoms with Crippen molar-refractivity contribution in [3.05, 3.63) is 71.1 Å². The number of aldehydes is 1. The first kappa shape index (κ1) is 29.0. The third kappa shape index (κ3) is 9.87. The van der Waals surface area contributed by atoms with E-state index in [9.17, 15) is 19.5 Å². The number of allylic oxidation sites excluding steroid dienone is 7. The Hall–Kier alpha value is -2.99. The summed E-state index contributed by atoms with van der Waals surface area (Å²) in [4.78, 5) is 35.5. The quantitative estimate of drug-likeness (QED) is 0.109. The summed E-state index contributed by atoms with van der Waals surface area (Å²) in [5, 5.41) is 13.6. The topological polar surface area (TPSA) is 109 Å². The normalized spacial score (nSPS) is 18.1. The van der Waals surface area contributed by atoms with Gasteiger partial charge in [-0.25, -0.2) is 0 Å². The van der Waals surface area contributed by atoms with Crippen molar-refractivity contribution in [3.8, 4) is 0 Å². The lowest BCUT2D eigenvalue weighted by atomic mass is 9.86. The number of hydrogen-bond acceptors (Lipinski definition) is 6. The zero-order chi connectivity index (χ0) is 25.7. The molecule has 4 N–H and O–H groups in total. The summed E-state index contributed by atoms with van der Waals surface area (Å²) in [5.74, 6) is -0.497. The van der Waals surface area contributed by atoms with Crippen LogP contribution in [0.4, 0.5) is 0 Å². The second-order valence-electron chi connectivity index (χ2n) is 9.14. The Labute approximate surface area is 204 Å². The minimum Gasteiger partial charge on any atom is -0.395 e. The highest BCUT2D eigenvalue weighted by atomic mass is 16.3. The van der Waals surface area contributed by atoms with Gasteiger partial charge in [0.15, 0.2) is 0 Å². The Bertz CT molecular complexity index is 905. The summed E-state index contributed by atoms with van der Waals surface area (Å²) < 4.78 is 0. The Balaban J connectivity index is 2.62. The number of hydrogen-bond donors (Lipinski definition) is 3. The number of nitrogens with two attached hydrogens (primary N) is 1. The maximum atomic E-state index is 12.6. The SMILES string of the molecule is C=CCNC1=C(CC(C)CCC(O)C(C)/C=C(\C)CC/C=C\C=C(/C)C=O)C(=O)C(N)=CC1=O. The van der Waals surface area contributed by atoms with Gasteiger partial charge < -0.3 is 16.2 Å². The Morgan fingerprint density at radius 1 is 1.24 bits per heavy atom. The van der Waals surface area contributed by atoms with Gasteiger partial charge in [0.05, 0.1) is 17.5 Å². The monoisotopic (exact) mass is 468 g/mol. The molecule has 34 heavy (non-hydrogen) atoms. The average Bonchev–Trinajstić information content (AvgIpc) is 2.79. The molecule has 0 aromatic heterocycles. The van der Waals surface area contributed by atoms with E-state index in [4.69, 9.17) is 5.73 Å². The molecule has 0 saturated carbocycles. The lowest BCUT2D eigenvalue weighted by Gasteiger charge is -2.22. The third-order valence-corrected chi connectivity index (χ3v) is 5.84. The molecule has 0 bridgehead atoms. The average molecular weight is 469 g/mol. The molecule has 6 nitrogen and oxygen atoms in total. The van der Waals surface area contributed by atoms with Gasteiger partial charge in [-0.2, -0.15) is 0 Å². The van der Waals surface area contributed by atoms with Gasteiger partial charge in [-0.1, -0.05) is 49.8 Å². The number of ketones is 2. The zero-order valence-electron chi connectivity index (χ0n) is 21.0. The molecule has 0 heterocycles. The number of Topliss-reactive ketones (excluding diaryl/α,β-unsaturated/α-hetero) is 1. The molecule has 3 atom stereocenters. The molecule has 0 radical (unpaired) electrons. The predicted molar refractivity (Wildman–Crippen MR) is 138 cm³/mol. The molecule has 0 aromatic rings. The fourth-order valence-electron chi connectivity index (χ4n) is 3.76. The predicted octanol–water partition coefficient (Wildman–Crippen LogP) is 4.24. The number of carbonyl (C=O) groups excluding carboxylic acids is 3. The maximum absolute atomic E-state index is 12.6. The molecule has 1 rings (SSSR count). The zero-order valence-corrected chi connectivity index (χ0v) is 21.0. The number of aliphatic hydroxyl groups is 1. The summed E-state index contributed by atoms with van der Waals surface area (Å²) in [7, 11) is 0. The van der Waals surface area contributed by atoms with Crippen molar-refractivity contribution in [1.82, 2.24) is 5.32 Å². The van der Waals surface area contributed by atoms with Crippen molar-refractivity contribution < 1.29 is 19.5 Å². The fraction of sp³-hybridized carbons (Fsp3) is 0.464. The Morgan fingerprint density at radius 2 is 1.94 bits per heavy atom. The first-order chi connectivity index (χ1) is 16.1. The minimum atomic E-state index is -0.493. The van der Waals surface area contributed by atoms with Gasteiger partial charge in [-0.05, 0) is 57.4 Å². The fourth-order valence-corrected chi connectivity index (χ4v) is 3.76. The van der Waals surface area contributed by atoms with Crippen LogP contribution < -0.4 is 11.1 Å². The smallest absolute Gasteiger partial charge is 0.206 e. The van der Waals surface area contributed by atoms with Crippen molar-refractivity contribution in [2.45, 2.75) is 65.9 Å². The molecule has 1 aliphatic rings. The lowest BCUT2D eigenvalue weighted by Crippen LogP contribution is -2.31. The van der Waals surface area contributed by atoms with Crippen molar-refractivity contribution in [3.63, 3.8) is 0 Å². The molecule has 0 aromatic carbocycles. The first-order valence-corrected chi connectivity index (χ1v) is 11.9. The largest absolute Gasteiger partial charge is 0.395 e. The Kier molecular flexibility index (Phi) is 12.8. The first-order valence-electron chi connectivity index (χ1n) is 11.9. The van der Waals surface area contributed by atoms with Gasteiger partial charge in [-0.3, -0.25) is 14.4 Å². The van der Waals surface area contributed by atoms with E-state index in [-0.39, 0.29) is 29.1 Å². The van der Waals surface area contributed by atoms with Crippen LogP contribution in [0.1, 0.15) is 59.8 Å². The summed E-state index contributed by atoms with van der Waals surface area (Å²) in [6.07, 6.45) is 14.4. The van der Waals surface area contributed by atoms with E-state index in [0.717, 1.165) is 19.1 Å². The summed E-state index contributed by atoms with van der Waals surface area (Å²) in [6, 6.07) is 0. The maximum Gasteiger partial charge on any atom is 0.206 e. The number of rotatable bonds is 15. The standard InChI is InChI=1S/C28H40N2O4/c1-6-14-30-27-23(28(34)24(29)17-26(27)33)16-20(3)12-13-25(32)22(5)15-19(2)10-8-7-9-11-21(4)18-31/h6-7,9,11,15,17-18,20,22,25,30,32H,1,8,10,12-14,16,29H2,2-5H3/b9-7-,19-15+,21-11+. The van der Waals surface area contributed by atoms with Crippen LogP contribution in [-0.2, 0) is 14.4 Å². The molecule has 0 saturated heterocycles. The van der Waals surface area contributed by atoms with E-state index in [1.54, 1.807) is 19.1 Å². The van der Waals surface area contributed by atoms with Crippen molar-refractivity contribution >= 4 is 17.9 Å². The number of nitrogens with one attached hydrogen (secondary N) is 1. The summed E-state index contributed by atoms with van der Waals surface area (Å²) in [6.45, 7) is 11.9. The van der Waals surface area contributed by atoms with Gasteiger partial charge in [0.1, 0.15) is 6.29 Å². The van der Waals surface area contributed by atoms with Crippen LogP contribution in [0.15, 0.2) is 71.1 Å². The minimum absolute atomic E-state index is 0.00823. The molecule has 6 heteroatoms. The summed E-state index contributed by atoms with van der Waals surface area (Å²) >= 11 is 0. The third-order valence-electron chi connectivity index (χ3n) is 5.84. The van der Waals surface area contributed by atoms with E-state index in [1.165, 1.54) is 11.6 Å². The molecular formula is C28H40N2O4. The van der Waals surface area contributed by atoms with Crippen LogP contribution in [0.25, 0.3) is 0 Å². The second kappa shape index (κ2) is 15.0. The number of carbonyl (C=O) groups is 3. The van der Waals surface area contributed by atoms with E-state index >= 15 is 0 Å². The Morgan fingerprint density at radius 3 is 2.59 bits per heavy atom. The van der Waals surface area contributed by atoms with Crippen LogP contribution in [0, 0.1) is 11.8 Å². The van der Waals surface area contributed by atoms with E-state index < -0.39 is 6.10 Å². The van der Waals surface area contributed by atoms with Crippen molar-refractivity contribution in [2.75, 3.05) is 6.54 Å². The molecule has 3 unspecified atom stereocenters. The molecule has 0 spiro atoms. The highest BCUT2D eigenvalue weighted by molar-refractivity contribution is 6.22. The van der Waals surface area contributed by atoms with Gasteiger partial charge >= 0.3 is 0 Å². The van der Waals surface area contributed by atoms with Crippen molar-refractivity contribution in [2.24, 2.45) is 17.6 Å². The van der Waals surface area contributed by atoms with Crippen LogP contribution >= 0.6 is 0 Å². The van der Waals surface area contributed by atoms with Crippen molar-refractivity contribution in [1.29, 1.82) is 0 Å². The molecule has 1 aliphatic carbocycles. The van der Waals surface area contributed by atoms with Crippen LogP contribution in [0.3, 0.4) is 0 Å². The molecular weight excluding hydrogens is 428 g/mol. The van der Waals surface area contributed by atoms with Gasteiger partial charge in [-0.15, -0.1) is 6.58 Å². The number of aliphatic hydroxyl groups excluding tert-OH is 1. The summed E-state index contributed by atoms with van der Waals surface area (Å²) in [5.41, 5.74) is 8.31. The van der Waals surface area contributed by atoms with E-state index in [1.807, 2.05) is 26.0 Å². The molecule has 186 valence electrons. The molecule has 0 fully saturated rings. The van der Waals surface area contributed by atoms with Gasteiger partial charge in [0.25, 0.3) is 0 Å². The lowest BCUT2D eigenvalue weighted by molar-refractivity contribution is -0.116. The van der Waals surface area contributed by atoms with Gasteiger partial charge in [0, 0.05) is 24.1 Å². The molecule has 0 amide bonds. The van der Waals surface area contributed by atoms with Crippen LogP contribution in [0.5, 0.6) is 0 Å². The second-order valence-corrected chi connectivity index (χ2v) is 9.14. The van der Waals surface area contributed by atoms with E-state index in [0.29, 0.717) is 42.7 Å².